The second-order valence-corrected chi connectivity index (χ2v) is 4.31. The van der Waals surface area contributed by atoms with Crippen molar-refractivity contribution in [3.8, 4) is 0 Å². The Hall–Kier alpha value is -2.54. The molecule has 0 atom stereocenters. The van der Waals surface area contributed by atoms with Gasteiger partial charge in [0.05, 0.1) is 6.33 Å². The second-order valence-electron chi connectivity index (χ2n) is 4.31. The predicted molar refractivity (Wildman–Crippen MR) is 73.3 cm³/mol. The van der Waals surface area contributed by atoms with E-state index >= 15 is 0 Å². The quantitative estimate of drug-likeness (QED) is 0.670. The maximum absolute atomic E-state index is 13.8. The SMILES string of the molecule is NCc1ccc(CNc2ncnc3nc[nH]c23)c(F)c1. The number of aromatic nitrogens is 4. The summed E-state index contributed by atoms with van der Waals surface area (Å²) in [5.74, 6) is 0.310. The van der Waals surface area contributed by atoms with E-state index < -0.39 is 0 Å². The molecule has 0 unspecified atom stereocenters. The van der Waals surface area contributed by atoms with Crippen LogP contribution in [0.3, 0.4) is 0 Å². The first-order chi connectivity index (χ1) is 9.78. The number of fused-ring (bicyclic) bond motifs is 1. The van der Waals surface area contributed by atoms with Gasteiger partial charge in [0.2, 0.25) is 0 Å². The summed E-state index contributed by atoms with van der Waals surface area (Å²) in [5, 5.41) is 3.07. The lowest BCUT2D eigenvalue weighted by molar-refractivity contribution is 0.610. The Morgan fingerprint density at radius 3 is 2.95 bits per heavy atom. The topological polar surface area (TPSA) is 92.5 Å². The van der Waals surface area contributed by atoms with Gasteiger partial charge >= 0.3 is 0 Å². The van der Waals surface area contributed by atoms with E-state index in [-0.39, 0.29) is 5.82 Å². The first-order valence-electron chi connectivity index (χ1n) is 6.13. The van der Waals surface area contributed by atoms with Crippen LogP contribution in [0.5, 0.6) is 0 Å². The number of nitrogens with zero attached hydrogens (tertiary/aromatic N) is 3. The summed E-state index contributed by atoms with van der Waals surface area (Å²) in [6.07, 6.45) is 2.96. The largest absolute Gasteiger partial charge is 0.364 e. The maximum Gasteiger partial charge on any atom is 0.182 e. The van der Waals surface area contributed by atoms with E-state index in [9.17, 15) is 4.39 Å². The van der Waals surface area contributed by atoms with Crippen molar-refractivity contribution in [3.05, 3.63) is 47.8 Å². The van der Waals surface area contributed by atoms with Crippen LogP contribution in [-0.4, -0.2) is 19.9 Å². The van der Waals surface area contributed by atoms with Crippen LogP contribution in [0.4, 0.5) is 10.2 Å². The molecule has 0 aliphatic carbocycles. The molecular formula is C13H13FN6. The Labute approximate surface area is 114 Å². The average molecular weight is 272 g/mol. The van der Waals surface area contributed by atoms with Crippen molar-refractivity contribution in [1.29, 1.82) is 0 Å². The number of nitrogens with two attached hydrogens (primary N) is 1. The molecule has 0 spiro atoms. The van der Waals surface area contributed by atoms with Gasteiger partial charge in [-0.3, -0.25) is 0 Å². The van der Waals surface area contributed by atoms with Crippen LogP contribution in [-0.2, 0) is 13.1 Å². The zero-order valence-corrected chi connectivity index (χ0v) is 10.6. The molecule has 3 aromatic rings. The van der Waals surface area contributed by atoms with Crippen LogP contribution in [0, 0.1) is 5.82 Å². The van der Waals surface area contributed by atoms with Crippen molar-refractivity contribution in [3.63, 3.8) is 0 Å². The highest BCUT2D eigenvalue weighted by Crippen LogP contribution is 2.17. The molecule has 0 amide bonds. The second kappa shape index (κ2) is 5.22. The van der Waals surface area contributed by atoms with E-state index in [0.717, 1.165) is 5.56 Å². The number of hydrogen-bond donors (Lipinski definition) is 3. The van der Waals surface area contributed by atoms with Crippen molar-refractivity contribution < 1.29 is 4.39 Å². The zero-order chi connectivity index (χ0) is 13.9. The van der Waals surface area contributed by atoms with Gasteiger partial charge in [-0.25, -0.2) is 19.3 Å². The fraction of sp³-hybridized carbons (Fsp3) is 0.154. The molecular weight excluding hydrogens is 259 g/mol. The van der Waals surface area contributed by atoms with Crippen LogP contribution in [0.1, 0.15) is 11.1 Å². The van der Waals surface area contributed by atoms with Crippen molar-refractivity contribution in [2.24, 2.45) is 5.73 Å². The molecule has 2 heterocycles. The van der Waals surface area contributed by atoms with Crippen molar-refractivity contribution in [2.45, 2.75) is 13.1 Å². The summed E-state index contributed by atoms with van der Waals surface area (Å²) in [5.41, 5.74) is 8.06. The number of imidazole rings is 1. The van der Waals surface area contributed by atoms with Gasteiger partial charge < -0.3 is 16.0 Å². The van der Waals surface area contributed by atoms with Gasteiger partial charge in [-0.2, -0.15) is 0 Å². The summed E-state index contributed by atoms with van der Waals surface area (Å²) >= 11 is 0. The van der Waals surface area contributed by atoms with Crippen LogP contribution in [0.25, 0.3) is 11.2 Å². The number of hydrogen-bond acceptors (Lipinski definition) is 5. The number of rotatable bonds is 4. The van der Waals surface area contributed by atoms with Gasteiger partial charge in [0, 0.05) is 18.7 Å². The van der Waals surface area contributed by atoms with E-state index in [4.69, 9.17) is 5.73 Å². The summed E-state index contributed by atoms with van der Waals surface area (Å²) in [7, 11) is 0. The fourth-order valence-corrected chi connectivity index (χ4v) is 1.94. The van der Waals surface area contributed by atoms with Crippen LogP contribution in [0.2, 0.25) is 0 Å². The molecule has 0 radical (unpaired) electrons. The zero-order valence-electron chi connectivity index (χ0n) is 10.6. The molecule has 6 nitrogen and oxygen atoms in total. The molecule has 3 rings (SSSR count). The smallest absolute Gasteiger partial charge is 0.182 e. The third-order valence-electron chi connectivity index (χ3n) is 3.02. The Morgan fingerprint density at radius 2 is 2.15 bits per heavy atom. The third-order valence-corrected chi connectivity index (χ3v) is 3.02. The Morgan fingerprint density at radius 1 is 1.25 bits per heavy atom. The molecule has 2 aromatic heterocycles. The summed E-state index contributed by atoms with van der Waals surface area (Å²) < 4.78 is 13.8. The van der Waals surface area contributed by atoms with Crippen molar-refractivity contribution >= 4 is 17.0 Å². The standard InChI is InChI=1S/C13H13FN6/c14-10-3-8(4-15)1-2-9(10)5-16-12-11-13(18-6-17-11)20-7-19-12/h1-3,6-7H,4-5,15H2,(H2,16,17,18,19,20). The lowest BCUT2D eigenvalue weighted by Gasteiger charge is -2.08. The highest BCUT2D eigenvalue weighted by atomic mass is 19.1. The number of aromatic amines is 1. The number of benzene rings is 1. The first-order valence-corrected chi connectivity index (χ1v) is 6.13. The molecule has 1 aromatic carbocycles. The van der Waals surface area contributed by atoms with Gasteiger partial charge in [0.25, 0.3) is 0 Å². The summed E-state index contributed by atoms with van der Waals surface area (Å²) in [6.45, 7) is 0.646. The number of anilines is 1. The van der Waals surface area contributed by atoms with Gasteiger partial charge in [-0.1, -0.05) is 12.1 Å². The molecule has 0 bridgehead atoms. The lowest BCUT2D eigenvalue weighted by atomic mass is 10.1. The molecule has 4 N–H and O–H groups in total. The predicted octanol–water partition coefficient (Wildman–Crippen LogP) is 1.56. The van der Waals surface area contributed by atoms with Crippen molar-refractivity contribution in [2.75, 3.05) is 5.32 Å². The molecule has 0 aliphatic rings. The van der Waals surface area contributed by atoms with Crippen molar-refractivity contribution in [1.82, 2.24) is 19.9 Å². The highest BCUT2D eigenvalue weighted by molar-refractivity contribution is 5.81. The number of nitrogens with one attached hydrogen (secondary N) is 2. The lowest BCUT2D eigenvalue weighted by Crippen LogP contribution is -2.05. The van der Waals surface area contributed by atoms with Crippen LogP contribution >= 0.6 is 0 Å². The van der Waals surface area contributed by atoms with Gasteiger partial charge in [-0.05, 0) is 11.6 Å². The molecule has 0 saturated heterocycles. The molecule has 20 heavy (non-hydrogen) atoms. The fourth-order valence-electron chi connectivity index (χ4n) is 1.94. The summed E-state index contributed by atoms with van der Waals surface area (Å²) in [4.78, 5) is 15.1. The van der Waals surface area contributed by atoms with E-state index in [1.54, 1.807) is 12.4 Å². The minimum Gasteiger partial charge on any atom is -0.364 e. The van der Waals surface area contributed by atoms with Gasteiger partial charge in [-0.15, -0.1) is 0 Å². The van der Waals surface area contributed by atoms with E-state index in [2.05, 4.69) is 25.3 Å². The normalized spacial score (nSPS) is 10.9. The maximum atomic E-state index is 13.8. The Balaban J connectivity index is 1.81. The summed E-state index contributed by atoms with van der Waals surface area (Å²) in [6, 6.07) is 4.98. The van der Waals surface area contributed by atoms with E-state index in [1.165, 1.54) is 12.4 Å². The van der Waals surface area contributed by atoms with Crippen LogP contribution in [0.15, 0.2) is 30.9 Å². The van der Waals surface area contributed by atoms with E-state index in [1.807, 2.05) is 6.07 Å². The number of H-pyrrole nitrogens is 1. The molecule has 0 saturated carbocycles. The van der Waals surface area contributed by atoms with Gasteiger partial charge in [0.1, 0.15) is 17.7 Å². The molecule has 0 fully saturated rings. The average Bonchev–Trinajstić information content (AvgIpc) is 2.95. The van der Waals surface area contributed by atoms with E-state index in [0.29, 0.717) is 35.6 Å². The first kappa shape index (κ1) is 12.5. The Kier molecular flexibility index (Phi) is 3.26. The highest BCUT2D eigenvalue weighted by Gasteiger charge is 2.07. The number of halogens is 1. The Bertz CT molecular complexity index is 739. The molecule has 0 aliphatic heterocycles. The minimum atomic E-state index is -0.282. The monoisotopic (exact) mass is 272 g/mol. The molecule has 7 heteroatoms. The van der Waals surface area contributed by atoms with Gasteiger partial charge in [0.15, 0.2) is 11.5 Å². The minimum absolute atomic E-state index is 0.282. The molecule has 102 valence electrons. The van der Waals surface area contributed by atoms with Crippen LogP contribution < -0.4 is 11.1 Å². The third kappa shape index (κ3) is 2.30.